The number of Topliss-reactive ketones (excluding diaryl/α,β-unsaturated/α-hetero) is 1. The molecule has 3 N–H and O–H groups in total. The van der Waals surface area contributed by atoms with Gasteiger partial charge in [0.1, 0.15) is 12.4 Å². The first-order valence-electron chi connectivity index (χ1n) is 6.59. The van der Waals surface area contributed by atoms with Crippen LogP contribution in [0.4, 0.5) is 5.69 Å². The van der Waals surface area contributed by atoms with Crippen molar-refractivity contribution in [1.82, 2.24) is 0 Å². The standard InChI is InChI=1S/C15H15BrN2O4S/c16-9-14(19)12-6-7-15(13(8-12)18-23(17,20)21)22-10-11-4-2-1-3-5-11/h1-8,18H,9-10H2,(H2,17,20,21). The third-order valence-corrected chi connectivity index (χ3v) is 3.93. The molecule has 0 spiro atoms. The first-order valence-corrected chi connectivity index (χ1v) is 9.26. The average molecular weight is 399 g/mol. The van der Waals surface area contributed by atoms with Gasteiger partial charge >= 0.3 is 0 Å². The lowest BCUT2D eigenvalue weighted by Crippen LogP contribution is -2.22. The Kier molecular flexibility index (Phi) is 5.75. The molecule has 0 unspecified atom stereocenters. The molecule has 0 fully saturated rings. The fourth-order valence-electron chi connectivity index (χ4n) is 1.87. The summed E-state index contributed by atoms with van der Waals surface area (Å²) in [7, 11) is -3.98. The lowest BCUT2D eigenvalue weighted by Gasteiger charge is -2.13. The van der Waals surface area contributed by atoms with E-state index in [1.165, 1.54) is 12.1 Å². The van der Waals surface area contributed by atoms with E-state index in [4.69, 9.17) is 9.88 Å². The average Bonchev–Trinajstić information content (AvgIpc) is 2.52. The van der Waals surface area contributed by atoms with E-state index in [1.54, 1.807) is 6.07 Å². The number of carbonyl (C=O) groups excluding carboxylic acids is 1. The molecule has 0 radical (unpaired) electrons. The van der Waals surface area contributed by atoms with E-state index in [1.807, 2.05) is 30.3 Å². The molecule has 0 aromatic heterocycles. The molecule has 0 aliphatic carbocycles. The minimum Gasteiger partial charge on any atom is -0.487 e. The van der Waals surface area contributed by atoms with Crippen LogP contribution in [0.1, 0.15) is 15.9 Å². The van der Waals surface area contributed by atoms with Gasteiger partial charge in [0.05, 0.1) is 11.0 Å². The van der Waals surface area contributed by atoms with E-state index in [9.17, 15) is 13.2 Å². The van der Waals surface area contributed by atoms with E-state index < -0.39 is 10.2 Å². The highest BCUT2D eigenvalue weighted by atomic mass is 79.9. The second-order valence-corrected chi connectivity index (χ2v) is 6.54. The monoisotopic (exact) mass is 398 g/mol. The van der Waals surface area contributed by atoms with Crippen LogP contribution in [-0.2, 0) is 16.8 Å². The molecule has 8 heteroatoms. The van der Waals surface area contributed by atoms with Crippen molar-refractivity contribution in [3.05, 3.63) is 59.7 Å². The molecule has 0 aliphatic heterocycles. The van der Waals surface area contributed by atoms with Gasteiger partial charge in [0.25, 0.3) is 10.2 Å². The molecule has 23 heavy (non-hydrogen) atoms. The lowest BCUT2D eigenvalue weighted by atomic mass is 10.1. The summed E-state index contributed by atoms with van der Waals surface area (Å²) >= 11 is 3.07. The number of nitrogens with one attached hydrogen (secondary N) is 1. The van der Waals surface area contributed by atoms with Crippen LogP contribution in [0.5, 0.6) is 5.75 Å². The van der Waals surface area contributed by atoms with Gasteiger partial charge in [-0.05, 0) is 23.8 Å². The van der Waals surface area contributed by atoms with E-state index in [0.29, 0.717) is 5.56 Å². The Bertz CT molecular complexity index is 794. The smallest absolute Gasteiger partial charge is 0.296 e. The highest BCUT2D eigenvalue weighted by molar-refractivity contribution is 9.09. The van der Waals surface area contributed by atoms with Gasteiger partial charge in [0.2, 0.25) is 0 Å². The minimum atomic E-state index is -3.98. The molecule has 0 aliphatic rings. The largest absolute Gasteiger partial charge is 0.487 e. The predicted molar refractivity (Wildman–Crippen MR) is 92.1 cm³/mol. The molecule has 2 aromatic carbocycles. The molecule has 0 saturated carbocycles. The Morgan fingerprint density at radius 2 is 1.87 bits per heavy atom. The number of carbonyl (C=O) groups is 1. The zero-order valence-electron chi connectivity index (χ0n) is 12.0. The number of rotatable bonds is 7. The fraction of sp³-hybridized carbons (Fsp3) is 0.133. The van der Waals surface area contributed by atoms with Crippen molar-refractivity contribution in [3.8, 4) is 5.75 Å². The molecule has 2 aromatic rings. The Morgan fingerprint density at radius 3 is 2.48 bits per heavy atom. The molecule has 6 nitrogen and oxygen atoms in total. The van der Waals surface area contributed by atoms with Crippen LogP contribution in [0.3, 0.4) is 0 Å². The van der Waals surface area contributed by atoms with Crippen molar-refractivity contribution in [2.24, 2.45) is 5.14 Å². The van der Waals surface area contributed by atoms with Crippen LogP contribution in [0, 0.1) is 0 Å². The highest BCUT2D eigenvalue weighted by Gasteiger charge is 2.13. The first kappa shape index (κ1) is 17.5. The molecule has 0 bridgehead atoms. The second kappa shape index (κ2) is 7.58. The third kappa shape index (κ3) is 5.34. The van der Waals surface area contributed by atoms with E-state index in [2.05, 4.69) is 20.7 Å². The number of nitrogens with two attached hydrogens (primary N) is 1. The van der Waals surface area contributed by atoms with Gasteiger partial charge in [-0.2, -0.15) is 8.42 Å². The first-order chi connectivity index (χ1) is 10.9. The summed E-state index contributed by atoms with van der Waals surface area (Å²) in [6.45, 7) is 0.256. The normalized spacial score (nSPS) is 11.0. The van der Waals surface area contributed by atoms with Crippen molar-refractivity contribution in [2.75, 3.05) is 10.1 Å². The zero-order valence-corrected chi connectivity index (χ0v) is 14.4. The number of halogens is 1. The zero-order chi connectivity index (χ0) is 16.9. The highest BCUT2D eigenvalue weighted by Crippen LogP contribution is 2.27. The molecule has 0 saturated heterocycles. The van der Waals surface area contributed by atoms with Crippen LogP contribution < -0.4 is 14.6 Å². The SMILES string of the molecule is NS(=O)(=O)Nc1cc(C(=O)CBr)ccc1OCc1ccccc1. The van der Waals surface area contributed by atoms with Crippen molar-refractivity contribution in [2.45, 2.75) is 6.61 Å². The Labute approximate surface area is 143 Å². The second-order valence-electron chi connectivity index (χ2n) is 4.69. The quantitative estimate of drug-likeness (QED) is 0.552. The van der Waals surface area contributed by atoms with E-state index in [-0.39, 0.29) is 29.2 Å². The van der Waals surface area contributed by atoms with Crippen molar-refractivity contribution in [1.29, 1.82) is 0 Å². The summed E-state index contributed by atoms with van der Waals surface area (Å²) in [5.74, 6) is 0.103. The summed E-state index contributed by atoms with van der Waals surface area (Å²) in [5, 5.41) is 5.14. The van der Waals surface area contributed by atoms with Crippen LogP contribution in [0.25, 0.3) is 0 Å². The summed E-state index contributed by atoms with van der Waals surface area (Å²) in [6, 6.07) is 13.9. The van der Waals surface area contributed by atoms with Gasteiger partial charge in [-0.3, -0.25) is 9.52 Å². The minimum absolute atomic E-state index is 0.121. The van der Waals surface area contributed by atoms with E-state index in [0.717, 1.165) is 5.56 Å². The number of hydrogen-bond donors (Lipinski definition) is 2. The molecule has 0 heterocycles. The van der Waals surface area contributed by atoms with Crippen LogP contribution >= 0.6 is 15.9 Å². The van der Waals surface area contributed by atoms with Crippen molar-refractivity contribution in [3.63, 3.8) is 0 Å². The van der Waals surface area contributed by atoms with Gasteiger partial charge in [0.15, 0.2) is 5.78 Å². The topological polar surface area (TPSA) is 98.5 Å². The van der Waals surface area contributed by atoms with Crippen LogP contribution in [0.2, 0.25) is 0 Å². The maximum Gasteiger partial charge on any atom is 0.296 e. The summed E-state index contributed by atoms with van der Waals surface area (Å²) in [6.07, 6.45) is 0. The van der Waals surface area contributed by atoms with Crippen LogP contribution in [0.15, 0.2) is 48.5 Å². The van der Waals surface area contributed by atoms with Gasteiger partial charge in [-0.1, -0.05) is 46.3 Å². The van der Waals surface area contributed by atoms with Gasteiger partial charge in [-0.25, -0.2) is 5.14 Å². The van der Waals surface area contributed by atoms with Gasteiger partial charge in [-0.15, -0.1) is 0 Å². The fourth-order valence-corrected chi connectivity index (χ4v) is 2.66. The van der Waals surface area contributed by atoms with E-state index >= 15 is 0 Å². The molecular weight excluding hydrogens is 384 g/mol. The summed E-state index contributed by atoms with van der Waals surface area (Å²) in [4.78, 5) is 11.7. The summed E-state index contributed by atoms with van der Waals surface area (Å²) < 4.78 is 30.4. The summed E-state index contributed by atoms with van der Waals surface area (Å²) in [5.41, 5.74) is 1.39. The molecule has 2 rings (SSSR count). The number of anilines is 1. The van der Waals surface area contributed by atoms with Gasteiger partial charge in [0, 0.05) is 5.56 Å². The Morgan fingerprint density at radius 1 is 1.17 bits per heavy atom. The van der Waals surface area contributed by atoms with Crippen molar-refractivity contribution >= 4 is 37.6 Å². The Balaban J connectivity index is 2.28. The third-order valence-electron chi connectivity index (χ3n) is 2.91. The van der Waals surface area contributed by atoms with Crippen LogP contribution in [-0.4, -0.2) is 19.5 Å². The predicted octanol–water partition coefficient (Wildman–Crippen LogP) is 2.46. The Hall–Kier alpha value is -1.90. The maximum absolute atomic E-state index is 11.7. The number of hydrogen-bond acceptors (Lipinski definition) is 4. The maximum atomic E-state index is 11.7. The molecule has 0 amide bonds. The number of alkyl halides is 1. The van der Waals surface area contributed by atoms with Crippen molar-refractivity contribution < 1.29 is 17.9 Å². The molecule has 122 valence electrons. The molecule has 0 atom stereocenters. The lowest BCUT2D eigenvalue weighted by molar-refractivity contribution is 0.102. The number of ether oxygens (including phenoxy) is 1. The number of benzene rings is 2. The number of ketones is 1. The molecular formula is C15H15BrN2O4S. The van der Waals surface area contributed by atoms with Gasteiger partial charge < -0.3 is 4.74 Å².